The predicted octanol–water partition coefficient (Wildman–Crippen LogP) is 3.56. The van der Waals surface area contributed by atoms with Crippen LogP contribution in [0.3, 0.4) is 0 Å². The molecule has 1 fully saturated rings. The molecular formula is C19H17N3O3S2. The molecule has 0 spiro atoms. The van der Waals surface area contributed by atoms with Crippen LogP contribution in [0.5, 0.6) is 5.75 Å². The van der Waals surface area contributed by atoms with Crippen molar-refractivity contribution in [1.29, 1.82) is 0 Å². The van der Waals surface area contributed by atoms with Gasteiger partial charge in [-0.2, -0.15) is 0 Å². The summed E-state index contributed by atoms with van der Waals surface area (Å²) < 4.78 is 5.62. The average Bonchev–Trinajstić information content (AvgIpc) is 2.94. The highest BCUT2D eigenvalue weighted by Crippen LogP contribution is 2.36. The van der Waals surface area contributed by atoms with Crippen molar-refractivity contribution in [2.75, 3.05) is 17.4 Å². The van der Waals surface area contributed by atoms with Gasteiger partial charge in [0, 0.05) is 6.92 Å². The van der Waals surface area contributed by atoms with E-state index in [1.54, 1.807) is 31.4 Å². The number of nitrogens with zero attached hydrogens (tertiary/aromatic N) is 1. The molecule has 6 nitrogen and oxygen atoms in total. The second-order valence-corrected chi connectivity index (χ2v) is 7.32. The maximum atomic E-state index is 12.8. The number of ether oxygens (including phenoxy) is 1. The largest absolute Gasteiger partial charge is 0.497 e. The van der Waals surface area contributed by atoms with Crippen LogP contribution in [0.4, 0.5) is 11.4 Å². The van der Waals surface area contributed by atoms with Crippen molar-refractivity contribution < 1.29 is 14.3 Å². The number of rotatable bonds is 5. The third-order valence-corrected chi connectivity index (χ3v) is 5.02. The highest BCUT2D eigenvalue weighted by atomic mass is 32.2. The number of anilines is 2. The zero-order valence-corrected chi connectivity index (χ0v) is 16.3. The van der Waals surface area contributed by atoms with Crippen LogP contribution in [0.1, 0.15) is 12.5 Å². The van der Waals surface area contributed by atoms with Crippen molar-refractivity contribution in [1.82, 2.24) is 5.43 Å². The molecule has 3 rings (SSSR count). The normalized spacial score (nSPS) is 15.2. The van der Waals surface area contributed by atoms with Gasteiger partial charge in [0.1, 0.15) is 5.75 Å². The van der Waals surface area contributed by atoms with E-state index in [1.165, 1.54) is 23.6 Å². The highest BCUT2D eigenvalue weighted by molar-refractivity contribution is 8.27. The van der Waals surface area contributed by atoms with Gasteiger partial charge in [0.05, 0.1) is 23.4 Å². The number of methoxy groups -OCH3 is 1. The Labute approximate surface area is 166 Å². The van der Waals surface area contributed by atoms with E-state index < -0.39 is 0 Å². The molecule has 0 saturated carbocycles. The Morgan fingerprint density at radius 1 is 1.15 bits per heavy atom. The zero-order valence-electron chi connectivity index (χ0n) is 14.7. The lowest BCUT2D eigenvalue weighted by Crippen LogP contribution is -2.28. The Morgan fingerprint density at radius 3 is 2.41 bits per heavy atom. The smallest absolute Gasteiger partial charge is 0.270 e. The Balaban J connectivity index is 1.77. The first-order valence-electron chi connectivity index (χ1n) is 8.02. The maximum Gasteiger partial charge on any atom is 0.270 e. The standard InChI is InChI=1S/C19H17N3O3S2/c1-12(23)20-21-14-5-7-15(8-6-14)22-18(24)17(27-19(22)26)11-13-3-9-16(25-2)10-4-13/h3-11,21H,1-2H3,(H,20,23)/b17-11+. The number of benzene rings is 2. The molecule has 0 aromatic heterocycles. The van der Waals surface area contributed by atoms with E-state index in [2.05, 4.69) is 10.9 Å². The highest BCUT2D eigenvalue weighted by Gasteiger charge is 2.33. The first kappa shape index (κ1) is 18.9. The minimum absolute atomic E-state index is 0.164. The van der Waals surface area contributed by atoms with Crippen molar-refractivity contribution in [3.05, 3.63) is 59.0 Å². The van der Waals surface area contributed by atoms with Gasteiger partial charge < -0.3 is 4.74 Å². The van der Waals surface area contributed by atoms with E-state index in [9.17, 15) is 9.59 Å². The lowest BCUT2D eigenvalue weighted by molar-refractivity contribution is -0.118. The van der Waals surface area contributed by atoms with Gasteiger partial charge in [-0.25, -0.2) is 0 Å². The summed E-state index contributed by atoms with van der Waals surface area (Å²) in [6.45, 7) is 1.41. The lowest BCUT2D eigenvalue weighted by Gasteiger charge is -2.15. The minimum Gasteiger partial charge on any atom is -0.497 e. The second kappa shape index (κ2) is 8.24. The molecule has 2 aromatic rings. The topological polar surface area (TPSA) is 70.7 Å². The third kappa shape index (κ3) is 4.47. The number of thiocarbonyl (C=S) groups is 1. The molecule has 1 aliphatic rings. The molecule has 0 atom stereocenters. The number of thioether (sulfide) groups is 1. The Morgan fingerprint density at radius 2 is 1.81 bits per heavy atom. The summed E-state index contributed by atoms with van der Waals surface area (Å²) in [6, 6.07) is 14.5. The number of carbonyl (C=O) groups is 2. The van der Waals surface area contributed by atoms with Gasteiger partial charge in [-0.3, -0.25) is 25.3 Å². The van der Waals surface area contributed by atoms with Crippen molar-refractivity contribution in [3.8, 4) is 5.75 Å². The number of amides is 2. The average molecular weight is 399 g/mol. The van der Waals surface area contributed by atoms with E-state index in [4.69, 9.17) is 17.0 Å². The molecule has 2 amide bonds. The number of hydrazine groups is 1. The van der Waals surface area contributed by atoms with Crippen molar-refractivity contribution in [3.63, 3.8) is 0 Å². The molecule has 27 heavy (non-hydrogen) atoms. The molecule has 138 valence electrons. The van der Waals surface area contributed by atoms with Gasteiger partial charge in [0.15, 0.2) is 4.32 Å². The summed E-state index contributed by atoms with van der Waals surface area (Å²) in [5.41, 5.74) is 7.53. The van der Waals surface area contributed by atoms with E-state index in [1.807, 2.05) is 30.3 Å². The summed E-state index contributed by atoms with van der Waals surface area (Å²) in [6.07, 6.45) is 1.81. The monoisotopic (exact) mass is 399 g/mol. The molecule has 2 N–H and O–H groups in total. The Bertz CT molecular complexity index is 909. The van der Waals surface area contributed by atoms with Gasteiger partial charge in [-0.1, -0.05) is 36.1 Å². The van der Waals surface area contributed by atoms with E-state index in [0.717, 1.165) is 11.3 Å². The summed E-state index contributed by atoms with van der Waals surface area (Å²) >= 11 is 6.65. The number of nitrogens with one attached hydrogen (secondary N) is 2. The van der Waals surface area contributed by atoms with Gasteiger partial charge in [0.2, 0.25) is 5.91 Å². The molecule has 2 aromatic carbocycles. The van der Waals surface area contributed by atoms with Crippen LogP contribution in [-0.2, 0) is 9.59 Å². The van der Waals surface area contributed by atoms with Crippen LogP contribution in [0.2, 0.25) is 0 Å². The summed E-state index contributed by atoms with van der Waals surface area (Å²) in [5, 5.41) is 0. The molecule has 0 radical (unpaired) electrons. The van der Waals surface area contributed by atoms with E-state index in [0.29, 0.717) is 20.6 Å². The molecule has 0 unspecified atom stereocenters. The quantitative estimate of drug-likeness (QED) is 0.455. The fourth-order valence-corrected chi connectivity index (χ4v) is 3.69. The lowest BCUT2D eigenvalue weighted by atomic mass is 10.2. The fraction of sp³-hybridized carbons (Fsp3) is 0.105. The van der Waals surface area contributed by atoms with Crippen molar-refractivity contribution >= 4 is 57.6 Å². The number of hydrogen-bond donors (Lipinski definition) is 2. The second-order valence-electron chi connectivity index (χ2n) is 5.64. The Kier molecular flexibility index (Phi) is 5.78. The van der Waals surface area contributed by atoms with Crippen LogP contribution in [0.15, 0.2) is 53.4 Å². The summed E-state index contributed by atoms with van der Waals surface area (Å²) in [5.74, 6) is 0.399. The molecule has 8 heteroatoms. The molecule has 1 heterocycles. The van der Waals surface area contributed by atoms with E-state index >= 15 is 0 Å². The van der Waals surface area contributed by atoms with Crippen LogP contribution >= 0.6 is 24.0 Å². The SMILES string of the molecule is COc1ccc(/C=C2/SC(=S)N(c3ccc(NNC(C)=O)cc3)C2=O)cc1. The number of hydrogen-bond acceptors (Lipinski definition) is 6. The molecule has 1 aliphatic heterocycles. The summed E-state index contributed by atoms with van der Waals surface area (Å²) in [7, 11) is 1.61. The van der Waals surface area contributed by atoms with E-state index in [-0.39, 0.29) is 11.8 Å². The molecule has 0 aliphatic carbocycles. The van der Waals surface area contributed by atoms with Crippen LogP contribution in [0.25, 0.3) is 6.08 Å². The molecular weight excluding hydrogens is 382 g/mol. The predicted molar refractivity (Wildman–Crippen MR) is 113 cm³/mol. The van der Waals surface area contributed by atoms with Gasteiger partial charge in [-0.15, -0.1) is 0 Å². The summed E-state index contributed by atoms with van der Waals surface area (Å²) in [4.78, 5) is 25.8. The van der Waals surface area contributed by atoms with Crippen molar-refractivity contribution in [2.45, 2.75) is 6.92 Å². The first-order chi connectivity index (χ1) is 13.0. The Hall–Kier alpha value is -2.84. The molecule has 0 bridgehead atoms. The van der Waals surface area contributed by atoms with Gasteiger partial charge in [-0.05, 0) is 48.0 Å². The van der Waals surface area contributed by atoms with Crippen LogP contribution in [-0.4, -0.2) is 23.2 Å². The zero-order chi connectivity index (χ0) is 19.4. The van der Waals surface area contributed by atoms with Crippen LogP contribution < -0.4 is 20.5 Å². The third-order valence-electron chi connectivity index (χ3n) is 3.72. The molecule has 1 saturated heterocycles. The van der Waals surface area contributed by atoms with Crippen LogP contribution in [0, 0.1) is 0 Å². The maximum absolute atomic E-state index is 12.8. The van der Waals surface area contributed by atoms with Gasteiger partial charge >= 0.3 is 0 Å². The minimum atomic E-state index is -0.195. The first-order valence-corrected chi connectivity index (χ1v) is 9.25. The fourth-order valence-electron chi connectivity index (χ4n) is 2.40. The van der Waals surface area contributed by atoms with Crippen molar-refractivity contribution in [2.24, 2.45) is 0 Å². The number of carbonyl (C=O) groups excluding carboxylic acids is 2. The van der Waals surface area contributed by atoms with Gasteiger partial charge in [0.25, 0.3) is 5.91 Å².